The van der Waals surface area contributed by atoms with Crippen LogP contribution in [0.5, 0.6) is 11.5 Å². The highest BCUT2D eigenvalue weighted by molar-refractivity contribution is 5.41. The molecule has 0 spiro atoms. The molecule has 2 rings (SSSR count). The van der Waals surface area contributed by atoms with Gasteiger partial charge in [-0.25, -0.2) is 9.67 Å². The maximum absolute atomic E-state index is 9.81. The van der Waals surface area contributed by atoms with Crippen molar-refractivity contribution in [1.29, 1.82) is 0 Å². The van der Waals surface area contributed by atoms with Gasteiger partial charge in [-0.3, -0.25) is 0 Å². The number of hydrogen-bond acceptors (Lipinski definition) is 5. The fraction of sp³-hybridized carbons (Fsp3) is 0.467. The first kappa shape index (κ1) is 15.3. The minimum Gasteiger partial charge on any atom is -0.497 e. The summed E-state index contributed by atoms with van der Waals surface area (Å²) in [6.45, 7) is 4.89. The van der Waals surface area contributed by atoms with Crippen LogP contribution in [-0.4, -0.2) is 27.0 Å². The number of aromatic nitrogens is 3. The Balaban J connectivity index is 2.16. The van der Waals surface area contributed by atoms with Gasteiger partial charge in [0.2, 0.25) is 0 Å². The van der Waals surface area contributed by atoms with Gasteiger partial charge in [0.25, 0.3) is 0 Å². The largest absolute Gasteiger partial charge is 0.497 e. The fourth-order valence-electron chi connectivity index (χ4n) is 2.05. The number of methoxy groups -OCH3 is 1. The summed E-state index contributed by atoms with van der Waals surface area (Å²) in [6, 6.07) is 5.37. The van der Waals surface area contributed by atoms with Gasteiger partial charge in [0.15, 0.2) is 5.82 Å². The molecule has 114 valence electrons. The normalized spacial score (nSPS) is 12.2. The molecular formula is C15H21N3O3. The first-order valence-corrected chi connectivity index (χ1v) is 7.01. The lowest BCUT2D eigenvalue weighted by molar-refractivity contribution is 0.188. The molecule has 0 bridgehead atoms. The van der Waals surface area contributed by atoms with Crippen LogP contribution >= 0.6 is 0 Å². The van der Waals surface area contributed by atoms with Crippen LogP contribution in [0.2, 0.25) is 0 Å². The van der Waals surface area contributed by atoms with Crippen molar-refractivity contribution in [2.75, 3.05) is 7.11 Å². The Morgan fingerprint density at radius 1 is 1.38 bits per heavy atom. The van der Waals surface area contributed by atoms with E-state index < -0.39 is 6.10 Å². The smallest absolute Gasteiger partial charge is 0.164 e. The minimum atomic E-state index is -0.612. The quantitative estimate of drug-likeness (QED) is 0.848. The molecule has 0 aliphatic carbocycles. The number of ether oxygens (including phenoxy) is 2. The van der Waals surface area contributed by atoms with E-state index in [1.807, 2.05) is 4.68 Å². The van der Waals surface area contributed by atoms with Gasteiger partial charge >= 0.3 is 0 Å². The van der Waals surface area contributed by atoms with Crippen LogP contribution < -0.4 is 9.47 Å². The molecule has 21 heavy (non-hydrogen) atoms. The third kappa shape index (κ3) is 3.72. The zero-order valence-corrected chi connectivity index (χ0v) is 12.6. The molecule has 0 radical (unpaired) electrons. The van der Waals surface area contributed by atoms with E-state index in [0.29, 0.717) is 18.1 Å². The number of hydrogen-bond donors (Lipinski definition) is 1. The summed E-state index contributed by atoms with van der Waals surface area (Å²) in [4.78, 5) is 4.20. The van der Waals surface area contributed by atoms with Crippen LogP contribution in [0.15, 0.2) is 24.5 Å². The molecule has 0 fully saturated rings. The van der Waals surface area contributed by atoms with Gasteiger partial charge in [-0.1, -0.05) is 6.92 Å². The molecule has 1 atom stereocenters. The van der Waals surface area contributed by atoms with Gasteiger partial charge in [-0.15, -0.1) is 0 Å². The predicted molar refractivity (Wildman–Crippen MR) is 78.3 cm³/mol. The lowest BCUT2D eigenvalue weighted by Gasteiger charge is -2.14. The van der Waals surface area contributed by atoms with Crippen molar-refractivity contribution in [3.63, 3.8) is 0 Å². The average Bonchev–Trinajstić information content (AvgIpc) is 2.92. The molecule has 6 nitrogen and oxygen atoms in total. The van der Waals surface area contributed by atoms with E-state index in [2.05, 4.69) is 17.0 Å². The Morgan fingerprint density at radius 2 is 2.19 bits per heavy atom. The Hall–Kier alpha value is -2.08. The summed E-state index contributed by atoms with van der Waals surface area (Å²) >= 11 is 0. The molecule has 1 aromatic heterocycles. The van der Waals surface area contributed by atoms with Crippen molar-refractivity contribution < 1.29 is 14.6 Å². The van der Waals surface area contributed by atoms with Gasteiger partial charge in [0, 0.05) is 18.2 Å². The first-order chi connectivity index (χ1) is 10.2. The van der Waals surface area contributed by atoms with E-state index in [0.717, 1.165) is 24.4 Å². The monoisotopic (exact) mass is 291 g/mol. The van der Waals surface area contributed by atoms with E-state index in [4.69, 9.17) is 9.47 Å². The Morgan fingerprint density at radius 3 is 2.86 bits per heavy atom. The second kappa shape index (κ2) is 7.08. The number of benzene rings is 1. The number of nitrogens with zero attached hydrogens (tertiary/aromatic N) is 3. The summed E-state index contributed by atoms with van der Waals surface area (Å²) < 4.78 is 12.8. The summed E-state index contributed by atoms with van der Waals surface area (Å²) in [6.07, 6.45) is 1.89. The third-order valence-corrected chi connectivity index (χ3v) is 3.16. The predicted octanol–water partition coefficient (Wildman–Crippen LogP) is 2.33. The summed E-state index contributed by atoms with van der Waals surface area (Å²) in [5.74, 6) is 2.04. The van der Waals surface area contributed by atoms with Gasteiger partial charge in [-0.05, 0) is 25.5 Å². The van der Waals surface area contributed by atoms with Crippen molar-refractivity contribution in [1.82, 2.24) is 14.8 Å². The van der Waals surface area contributed by atoms with Crippen molar-refractivity contribution >= 4 is 0 Å². The molecule has 0 aliphatic heterocycles. The zero-order valence-electron chi connectivity index (χ0n) is 12.6. The lowest BCUT2D eigenvalue weighted by Crippen LogP contribution is -2.09. The summed E-state index contributed by atoms with van der Waals surface area (Å²) in [5, 5.41) is 14.0. The SMILES string of the molecule is CCCn1ncnc1COc1cc(OC)ccc1[C@@H](C)O. The van der Waals surface area contributed by atoms with Crippen molar-refractivity contribution in [3.05, 3.63) is 35.9 Å². The lowest BCUT2D eigenvalue weighted by atomic mass is 10.1. The number of aliphatic hydroxyl groups excluding tert-OH is 1. The minimum absolute atomic E-state index is 0.298. The number of rotatable bonds is 7. The second-order valence-corrected chi connectivity index (χ2v) is 4.77. The van der Waals surface area contributed by atoms with Crippen LogP contribution in [0, 0.1) is 0 Å². The first-order valence-electron chi connectivity index (χ1n) is 7.01. The molecule has 2 aromatic rings. The van der Waals surface area contributed by atoms with Gasteiger partial charge in [0.05, 0.1) is 13.2 Å². The van der Waals surface area contributed by atoms with Crippen LogP contribution in [-0.2, 0) is 13.2 Å². The number of aryl methyl sites for hydroxylation is 1. The van der Waals surface area contributed by atoms with Crippen LogP contribution in [0.25, 0.3) is 0 Å². The fourth-order valence-corrected chi connectivity index (χ4v) is 2.05. The molecule has 1 N–H and O–H groups in total. The molecule has 0 amide bonds. The Kier molecular flexibility index (Phi) is 5.16. The molecule has 0 saturated carbocycles. The Bertz CT molecular complexity index is 581. The summed E-state index contributed by atoms with van der Waals surface area (Å²) in [5.41, 5.74) is 0.720. The van der Waals surface area contributed by atoms with Crippen molar-refractivity contribution in [2.24, 2.45) is 0 Å². The highest BCUT2D eigenvalue weighted by Gasteiger charge is 2.12. The molecule has 0 unspecified atom stereocenters. The van der Waals surface area contributed by atoms with Gasteiger partial charge in [0.1, 0.15) is 24.4 Å². The van der Waals surface area contributed by atoms with Crippen LogP contribution in [0.4, 0.5) is 0 Å². The summed E-state index contributed by atoms with van der Waals surface area (Å²) in [7, 11) is 1.60. The average molecular weight is 291 g/mol. The highest BCUT2D eigenvalue weighted by atomic mass is 16.5. The third-order valence-electron chi connectivity index (χ3n) is 3.16. The van der Waals surface area contributed by atoms with E-state index in [1.54, 1.807) is 32.2 Å². The maximum atomic E-state index is 9.81. The van der Waals surface area contributed by atoms with Crippen molar-refractivity contribution in [2.45, 2.75) is 39.5 Å². The van der Waals surface area contributed by atoms with E-state index >= 15 is 0 Å². The second-order valence-electron chi connectivity index (χ2n) is 4.77. The molecular weight excluding hydrogens is 270 g/mol. The molecule has 1 aromatic carbocycles. The van der Waals surface area contributed by atoms with Crippen LogP contribution in [0.1, 0.15) is 37.8 Å². The topological polar surface area (TPSA) is 69.4 Å². The Labute approximate surface area is 124 Å². The van der Waals surface area contributed by atoms with Gasteiger partial charge < -0.3 is 14.6 Å². The van der Waals surface area contributed by atoms with Crippen LogP contribution in [0.3, 0.4) is 0 Å². The zero-order chi connectivity index (χ0) is 15.2. The van der Waals surface area contributed by atoms with E-state index in [9.17, 15) is 5.11 Å². The molecule has 0 saturated heterocycles. The van der Waals surface area contributed by atoms with Gasteiger partial charge in [-0.2, -0.15) is 5.10 Å². The molecule has 1 heterocycles. The maximum Gasteiger partial charge on any atom is 0.164 e. The van der Waals surface area contributed by atoms with E-state index in [1.165, 1.54) is 6.33 Å². The molecule has 6 heteroatoms. The number of aliphatic hydroxyl groups is 1. The standard InChI is InChI=1S/C15H21N3O3/c1-4-7-18-15(16-10-17-18)9-21-14-8-12(20-3)5-6-13(14)11(2)19/h5-6,8,10-11,19H,4,7,9H2,1-3H3/t11-/m1/s1. The highest BCUT2D eigenvalue weighted by Crippen LogP contribution is 2.30. The van der Waals surface area contributed by atoms with E-state index in [-0.39, 0.29) is 0 Å². The van der Waals surface area contributed by atoms with Crippen molar-refractivity contribution in [3.8, 4) is 11.5 Å². The molecule has 0 aliphatic rings.